The van der Waals surface area contributed by atoms with Crippen molar-refractivity contribution in [1.29, 1.82) is 0 Å². The molecule has 1 aromatic heterocycles. The second-order valence-corrected chi connectivity index (χ2v) is 9.78. The fourth-order valence-corrected chi connectivity index (χ4v) is 4.62. The van der Waals surface area contributed by atoms with Gasteiger partial charge in [0.1, 0.15) is 0 Å². The third-order valence-electron chi connectivity index (χ3n) is 6.76. The van der Waals surface area contributed by atoms with Gasteiger partial charge in [0, 0.05) is 30.8 Å². The van der Waals surface area contributed by atoms with E-state index in [1.165, 1.54) is 12.8 Å². The summed E-state index contributed by atoms with van der Waals surface area (Å²) >= 11 is 0. The zero-order valence-corrected chi connectivity index (χ0v) is 20.4. The van der Waals surface area contributed by atoms with Crippen LogP contribution >= 0.6 is 0 Å². The molecule has 1 saturated carbocycles. The number of benzene rings is 2. The van der Waals surface area contributed by atoms with Gasteiger partial charge in [-0.3, -0.25) is 9.59 Å². The monoisotopic (exact) mass is 472 g/mol. The first-order valence-corrected chi connectivity index (χ1v) is 12.4. The number of rotatable bonds is 8. The number of carbonyl (C=O) groups is 2. The highest BCUT2D eigenvalue weighted by Crippen LogP contribution is 2.31. The molecule has 7 heteroatoms. The van der Waals surface area contributed by atoms with Gasteiger partial charge in [0.15, 0.2) is 0 Å². The summed E-state index contributed by atoms with van der Waals surface area (Å²) in [6.07, 6.45) is 8.05. The minimum atomic E-state index is -0.162. The molecule has 1 atom stereocenters. The molecule has 0 spiro atoms. The number of amides is 2. The van der Waals surface area contributed by atoms with Crippen molar-refractivity contribution in [3.8, 4) is 5.69 Å². The van der Waals surface area contributed by atoms with Gasteiger partial charge < -0.3 is 15.0 Å². The first kappa shape index (κ1) is 23.3. The number of nitrogens with zero attached hydrogens (tertiary/aromatic N) is 3. The first-order chi connectivity index (χ1) is 17.0. The molecule has 7 nitrogen and oxygen atoms in total. The van der Waals surface area contributed by atoms with Gasteiger partial charge in [0.25, 0.3) is 11.8 Å². The summed E-state index contributed by atoms with van der Waals surface area (Å²) in [6, 6.07) is 13.2. The van der Waals surface area contributed by atoms with E-state index in [0.29, 0.717) is 29.3 Å². The van der Waals surface area contributed by atoms with Crippen LogP contribution in [0.4, 0.5) is 5.69 Å². The number of aromatic nitrogens is 2. The van der Waals surface area contributed by atoms with Crippen LogP contribution in [-0.2, 0) is 4.74 Å². The Hall–Kier alpha value is -3.45. The van der Waals surface area contributed by atoms with E-state index >= 15 is 0 Å². The summed E-state index contributed by atoms with van der Waals surface area (Å²) in [5.41, 5.74) is 4.80. The summed E-state index contributed by atoms with van der Waals surface area (Å²) in [7, 11) is 0. The molecule has 5 rings (SSSR count). The van der Waals surface area contributed by atoms with E-state index in [9.17, 15) is 9.59 Å². The van der Waals surface area contributed by atoms with Crippen molar-refractivity contribution >= 4 is 17.5 Å². The predicted molar refractivity (Wildman–Crippen MR) is 135 cm³/mol. The maximum absolute atomic E-state index is 13.3. The maximum Gasteiger partial charge on any atom is 0.256 e. The Kier molecular flexibility index (Phi) is 6.68. The molecular weight excluding hydrogens is 440 g/mol. The van der Waals surface area contributed by atoms with E-state index in [0.717, 1.165) is 42.8 Å². The molecule has 0 radical (unpaired) electrons. The standard InChI is InChI=1S/C28H32N4O3/c1-19-5-12-26(20(2)14-19)27(33)30-23-15-29-32(17-23)24-10-8-22(9-11-24)28(34)31(16-21-6-7-21)18-25-4-3-13-35-25/h5,8-12,14-15,17,21,25H,3-4,6-7,13,16,18H2,1-2H3,(H,30,33)/t25-/m1/s1. The Morgan fingerprint density at radius 1 is 1.09 bits per heavy atom. The summed E-state index contributed by atoms with van der Waals surface area (Å²) in [5.74, 6) is 0.520. The minimum Gasteiger partial charge on any atom is -0.376 e. The number of anilines is 1. The summed E-state index contributed by atoms with van der Waals surface area (Å²) in [4.78, 5) is 27.9. The molecule has 182 valence electrons. The third-order valence-corrected chi connectivity index (χ3v) is 6.76. The van der Waals surface area contributed by atoms with Crippen LogP contribution in [0.1, 0.15) is 57.5 Å². The number of carbonyl (C=O) groups excluding carboxylic acids is 2. The number of hydrogen-bond acceptors (Lipinski definition) is 4. The zero-order chi connectivity index (χ0) is 24.4. The summed E-state index contributed by atoms with van der Waals surface area (Å²) in [5, 5.41) is 7.30. The van der Waals surface area contributed by atoms with Crippen molar-refractivity contribution in [2.45, 2.75) is 45.6 Å². The van der Waals surface area contributed by atoms with E-state index in [1.54, 1.807) is 17.1 Å². The highest BCUT2D eigenvalue weighted by molar-refractivity contribution is 6.05. The maximum atomic E-state index is 13.3. The van der Waals surface area contributed by atoms with Crippen LogP contribution in [0.3, 0.4) is 0 Å². The van der Waals surface area contributed by atoms with Crippen molar-refractivity contribution in [3.05, 3.63) is 77.1 Å². The molecule has 2 aromatic carbocycles. The van der Waals surface area contributed by atoms with Gasteiger partial charge >= 0.3 is 0 Å². The van der Waals surface area contributed by atoms with Crippen LogP contribution in [0, 0.1) is 19.8 Å². The third kappa shape index (κ3) is 5.62. The van der Waals surface area contributed by atoms with Gasteiger partial charge in [-0.2, -0.15) is 5.10 Å². The molecule has 2 fully saturated rings. The van der Waals surface area contributed by atoms with Crippen molar-refractivity contribution in [3.63, 3.8) is 0 Å². The fourth-order valence-electron chi connectivity index (χ4n) is 4.62. The van der Waals surface area contributed by atoms with Gasteiger partial charge in [-0.1, -0.05) is 17.7 Å². The number of nitrogens with one attached hydrogen (secondary N) is 1. The van der Waals surface area contributed by atoms with Crippen LogP contribution in [0.5, 0.6) is 0 Å². The SMILES string of the molecule is Cc1ccc(C(=O)Nc2cnn(-c3ccc(C(=O)N(CC4CC4)C[C@H]4CCCO4)cc3)c2)c(C)c1. The van der Waals surface area contributed by atoms with E-state index in [-0.39, 0.29) is 17.9 Å². The fraction of sp³-hybridized carbons (Fsp3) is 0.393. The highest BCUT2D eigenvalue weighted by atomic mass is 16.5. The Labute approximate surface area is 206 Å². The van der Waals surface area contributed by atoms with Crippen molar-refractivity contribution < 1.29 is 14.3 Å². The van der Waals surface area contributed by atoms with Gasteiger partial charge in [0.05, 0.1) is 29.9 Å². The molecule has 3 aromatic rings. The highest BCUT2D eigenvalue weighted by Gasteiger charge is 2.30. The molecule has 1 aliphatic carbocycles. The van der Waals surface area contributed by atoms with E-state index in [1.807, 2.05) is 61.2 Å². The van der Waals surface area contributed by atoms with Gasteiger partial charge in [-0.15, -0.1) is 0 Å². The van der Waals surface area contributed by atoms with Crippen LogP contribution in [0.2, 0.25) is 0 Å². The van der Waals surface area contributed by atoms with Crippen LogP contribution in [-0.4, -0.2) is 52.3 Å². The van der Waals surface area contributed by atoms with E-state index < -0.39 is 0 Å². The van der Waals surface area contributed by atoms with Gasteiger partial charge in [-0.05, 0) is 81.3 Å². The largest absolute Gasteiger partial charge is 0.376 e. The van der Waals surface area contributed by atoms with Gasteiger partial charge in [0.2, 0.25) is 0 Å². The first-order valence-electron chi connectivity index (χ1n) is 12.4. The molecule has 0 bridgehead atoms. The topological polar surface area (TPSA) is 76.5 Å². The number of ether oxygens (including phenoxy) is 1. The molecule has 2 aliphatic rings. The summed E-state index contributed by atoms with van der Waals surface area (Å²) < 4.78 is 7.48. The lowest BCUT2D eigenvalue weighted by atomic mass is 10.1. The molecule has 1 aliphatic heterocycles. The van der Waals surface area contributed by atoms with Crippen LogP contribution < -0.4 is 5.32 Å². The van der Waals surface area contributed by atoms with Crippen molar-refractivity contribution in [1.82, 2.24) is 14.7 Å². The summed E-state index contributed by atoms with van der Waals surface area (Å²) in [6.45, 7) is 6.21. The van der Waals surface area contributed by atoms with Crippen molar-refractivity contribution in [2.24, 2.45) is 5.92 Å². The van der Waals surface area contributed by atoms with Crippen molar-refractivity contribution in [2.75, 3.05) is 25.0 Å². The van der Waals surface area contributed by atoms with E-state index in [2.05, 4.69) is 10.4 Å². The second-order valence-electron chi connectivity index (χ2n) is 9.78. The molecule has 1 saturated heterocycles. The molecule has 1 N–H and O–H groups in total. The Morgan fingerprint density at radius 2 is 1.89 bits per heavy atom. The lowest BCUT2D eigenvalue weighted by molar-refractivity contribution is 0.0515. The normalized spacial score (nSPS) is 17.4. The molecule has 2 amide bonds. The Morgan fingerprint density at radius 3 is 2.57 bits per heavy atom. The average molecular weight is 473 g/mol. The predicted octanol–water partition coefficient (Wildman–Crippen LogP) is 4.77. The Balaban J connectivity index is 1.25. The zero-order valence-electron chi connectivity index (χ0n) is 20.4. The average Bonchev–Trinajstić information content (AvgIpc) is 3.29. The lowest BCUT2D eigenvalue weighted by Gasteiger charge is -2.25. The van der Waals surface area contributed by atoms with Crippen LogP contribution in [0.15, 0.2) is 54.9 Å². The van der Waals surface area contributed by atoms with E-state index in [4.69, 9.17) is 4.74 Å². The quantitative estimate of drug-likeness (QED) is 0.512. The molecule has 0 unspecified atom stereocenters. The Bertz CT molecular complexity index is 1210. The minimum absolute atomic E-state index is 0.0563. The lowest BCUT2D eigenvalue weighted by Crippen LogP contribution is -2.38. The molecular formula is C28H32N4O3. The molecule has 2 heterocycles. The number of hydrogen-bond donors (Lipinski definition) is 1. The second kappa shape index (κ2) is 10.0. The van der Waals surface area contributed by atoms with Crippen LogP contribution in [0.25, 0.3) is 5.69 Å². The smallest absolute Gasteiger partial charge is 0.256 e. The van der Waals surface area contributed by atoms with Gasteiger partial charge in [-0.25, -0.2) is 4.68 Å². The number of aryl methyl sites for hydroxylation is 2. The molecule has 35 heavy (non-hydrogen) atoms.